The molecule has 13 heavy (non-hydrogen) atoms. The predicted octanol–water partition coefficient (Wildman–Crippen LogP) is -0.111. The maximum atomic E-state index is 9.01. The summed E-state index contributed by atoms with van der Waals surface area (Å²) in [4.78, 5) is 0. The van der Waals surface area contributed by atoms with Crippen molar-refractivity contribution >= 4 is 0 Å². The molecule has 0 aliphatic heterocycles. The van der Waals surface area contributed by atoms with Crippen LogP contribution in [-0.2, 0) is 0 Å². The Morgan fingerprint density at radius 1 is 1.08 bits per heavy atom. The maximum absolute atomic E-state index is 9.01. The van der Waals surface area contributed by atoms with Crippen molar-refractivity contribution in [2.75, 3.05) is 13.2 Å². The Bertz CT molecular complexity index is 83.7. The standard InChI is InChI=1S/C7H16O2.C2H6O2/c1-3-4-5-7(9)6(2)8;3-1-2-4/h6-9H,3-5H2,1-2H3;3-4H,1-2H2. The molecule has 2 atom stereocenters. The van der Waals surface area contributed by atoms with Crippen LogP contribution >= 0.6 is 0 Å². The number of aliphatic hydroxyl groups is 4. The zero-order chi connectivity index (χ0) is 10.7. The van der Waals surface area contributed by atoms with Crippen LogP contribution in [0.15, 0.2) is 0 Å². The summed E-state index contributed by atoms with van der Waals surface area (Å²) < 4.78 is 0. The van der Waals surface area contributed by atoms with Gasteiger partial charge in [0, 0.05) is 0 Å². The smallest absolute Gasteiger partial charge is 0.0796 e. The van der Waals surface area contributed by atoms with E-state index in [1.165, 1.54) is 0 Å². The van der Waals surface area contributed by atoms with Gasteiger partial charge >= 0.3 is 0 Å². The van der Waals surface area contributed by atoms with Crippen LogP contribution in [0.5, 0.6) is 0 Å². The lowest BCUT2D eigenvalue weighted by Gasteiger charge is -2.11. The highest BCUT2D eigenvalue weighted by molar-refractivity contribution is 4.60. The van der Waals surface area contributed by atoms with Gasteiger partial charge < -0.3 is 20.4 Å². The Hall–Kier alpha value is -0.160. The van der Waals surface area contributed by atoms with Gasteiger partial charge in [0.2, 0.25) is 0 Å². The minimum absolute atomic E-state index is 0.125. The lowest BCUT2D eigenvalue weighted by molar-refractivity contribution is 0.0250. The Morgan fingerprint density at radius 3 is 1.77 bits per heavy atom. The molecule has 0 fully saturated rings. The summed E-state index contributed by atoms with van der Waals surface area (Å²) in [5.41, 5.74) is 0. The summed E-state index contributed by atoms with van der Waals surface area (Å²) in [6.45, 7) is 3.43. The first-order valence-electron chi connectivity index (χ1n) is 4.67. The highest BCUT2D eigenvalue weighted by Gasteiger charge is 2.08. The van der Waals surface area contributed by atoms with Gasteiger partial charge in [-0.2, -0.15) is 0 Å². The van der Waals surface area contributed by atoms with Crippen LogP contribution in [0.2, 0.25) is 0 Å². The number of unbranched alkanes of at least 4 members (excludes halogenated alkanes) is 1. The second-order valence-electron chi connectivity index (χ2n) is 2.90. The van der Waals surface area contributed by atoms with E-state index in [9.17, 15) is 0 Å². The van der Waals surface area contributed by atoms with E-state index in [-0.39, 0.29) is 13.2 Å². The molecule has 0 saturated heterocycles. The number of rotatable bonds is 5. The average Bonchev–Trinajstić information content (AvgIpc) is 2.14. The molecule has 0 saturated carbocycles. The molecule has 0 aromatic rings. The molecule has 0 bridgehead atoms. The molecule has 2 unspecified atom stereocenters. The molecule has 0 aliphatic rings. The normalized spacial score (nSPS) is 14.3. The molecule has 0 radical (unpaired) electrons. The largest absolute Gasteiger partial charge is 0.394 e. The van der Waals surface area contributed by atoms with Crippen molar-refractivity contribution in [3.8, 4) is 0 Å². The molecule has 0 aromatic carbocycles. The molecule has 0 heterocycles. The molecule has 4 nitrogen and oxygen atoms in total. The fraction of sp³-hybridized carbons (Fsp3) is 1.00. The summed E-state index contributed by atoms with van der Waals surface area (Å²) in [6, 6.07) is 0. The highest BCUT2D eigenvalue weighted by Crippen LogP contribution is 2.03. The van der Waals surface area contributed by atoms with Crippen LogP contribution in [0, 0.1) is 0 Å². The Kier molecular flexibility index (Phi) is 14.0. The van der Waals surface area contributed by atoms with Crippen molar-refractivity contribution in [3.63, 3.8) is 0 Å². The van der Waals surface area contributed by atoms with Crippen molar-refractivity contribution in [1.82, 2.24) is 0 Å². The van der Waals surface area contributed by atoms with E-state index in [2.05, 4.69) is 6.92 Å². The number of hydrogen-bond donors (Lipinski definition) is 4. The topological polar surface area (TPSA) is 80.9 Å². The molecule has 82 valence electrons. The molecule has 4 N–H and O–H groups in total. The van der Waals surface area contributed by atoms with E-state index in [1.807, 2.05) is 0 Å². The Labute approximate surface area is 79.8 Å². The first-order chi connectivity index (χ1) is 6.09. The highest BCUT2D eigenvalue weighted by atomic mass is 16.3. The summed E-state index contributed by atoms with van der Waals surface area (Å²) in [5, 5.41) is 33.1. The molecule has 0 rings (SSSR count). The fourth-order valence-electron chi connectivity index (χ4n) is 0.654. The molecule has 0 spiro atoms. The van der Waals surface area contributed by atoms with Crippen molar-refractivity contribution in [2.45, 2.75) is 45.3 Å². The quantitative estimate of drug-likeness (QED) is 0.492. The van der Waals surface area contributed by atoms with Crippen LogP contribution in [0.4, 0.5) is 0 Å². The predicted molar refractivity (Wildman–Crippen MR) is 51.4 cm³/mol. The minimum atomic E-state index is -0.573. The Morgan fingerprint density at radius 2 is 1.54 bits per heavy atom. The van der Waals surface area contributed by atoms with Crippen molar-refractivity contribution < 1.29 is 20.4 Å². The lowest BCUT2D eigenvalue weighted by Crippen LogP contribution is -2.21. The van der Waals surface area contributed by atoms with Gasteiger partial charge in [0.25, 0.3) is 0 Å². The molecule has 0 amide bonds. The molecular weight excluding hydrogens is 172 g/mol. The zero-order valence-electron chi connectivity index (χ0n) is 8.48. The van der Waals surface area contributed by atoms with Gasteiger partial charge in [-0.1, -0.05) is 19.8 Å². The van der Waals surface area contributed by atoms with Crippen molar-refractivity contribution in [3.05, 3.63) is 0 Å². The van der Waals surface area contributed by atoms with Gasteiger partial charge in [-0.05, 0) is 13.3 Å². The van der Waals surface area contributed by atoms with E-state index in [1.54, 1.807) is 6.92 Å². The minimum Gasteiger partial charge on any atom is -0.394 e. The second-order valence-corrected chi connectivity index (χ2v) is 2.90. The summed E-state index contributed by atoms with van der Waals surface area (Å²) in [6.07, 6.45) is 1.69. The van der Waals surface area contributed by atoms with Gasteiger partial charge in [-0.25, -0.2) is 0 Å². The van der Waals surface area contributed by atoms with E-state index in [0.717, 1.165) is 12.8 Å². The van der Waals surface area contributed by atoms with E-state index >= 15 is 0 Å². The summed E-state index contributed by atoms with van der Waals surface area (Å²) >= 11 is 0. The average molecular weight is 194 g/mol. The van der Waals surface area contributed by atoms with Crippen LogP contribution in [0.1, 0.15) is 33.1 Å². The molecule has 4 heteroatoms. The fourth-order valence-corrected chi connectivity index (χ4v) is 0.654. The first kappa shape index (κ1) is 15.3. The third kappa shape index (κ3) is 14.7. The van der Waals surface area contributed by atoms with Gasteiger partial charge in [0.05, 0.1) is 25.4 Å². The van der Waals surface area contributed by atoms with Crippen LogP contribution in [-0.4, -0.2) is 45.8 Å². The van der Waals surface area contributed by atoms with Crippen molar-refractivity contribution in [1.29, 1.82) is 0 Å². The number of hydrogen-bond acceptors (Lipinski definition) is 4. The monoisotopic (exact) mass is 194 g/mol. The van der Waals surface area contributed by atoms with Crippen LogP contribution in [0.3, 0.4) is 0 Å². The zero-order valence-corrected chi connectivity index (χ0v) is 8.48. The van der Waals surface area contributed by atoms with E-state index in [0.29, 0.717) is 6.42 Å². The van der Waals surface area contributed by atoms with E-state index < -0.39 is 12.2 Å². The lowest BCUT2D eigenvalue weighted by atomic mass is 10.1. The second kappa shape index (κ2) is 11.8. The third-order valence-corrected chi connectivity index (χ3v) is 1.51. The third-order valence-electron chi connectivity index (χ3n) is 1.51. The van der Waals surface area contributed by atoms with Gasteiger partial charge in [0.15, 0.2) is 0 Å². The summed E-state index contributed by atoms with van der Waals surface area (Å²) in [5.74, 6) is 0. The summed E-state index contributed by atoms with van der Waals surface area (Å²) in [7, 11) is 0. The SMILES string of the molecule is CCCCC(O)C(C)O.OCCO. The van der Waals surface area contributed by atoms with Crippen molar-refractivity contribution in [2.24, 2.45) is 0 Å². The van der Waals surface area contributed by atoms with Gasteiger partial charge in [-0.15, -0.1) is 0 Å². The maximum Gasteiger partial charge on any atom is 0.0796 e. The van der Waals surface area contributed by atoms with Crippen LogP contribution < -0.4 is 0 Å². The Balaban J connectivity index is 0. The molecule has 0 aliphatic carbocycles. The van der Waals surface area contributed by atoms with Gasteiger partial charge in [0.1, 0.15) is 0 Å². The molecular formula is C9H22O4. The van der Waals surface area contributed by atoms with Gasteiger partial charge in [-0.3, -0.25) is 0 Å². The van der Waals surface area contributed by atoms with Crippen LogP contribution in [0.25, 0.3) is 0 Å². The molecule has 0 aromatic heterocycles. The first-order valence-corrected chi connectivity index (χ1v) is 4.67. The number of aliphatic hydroxyl groups excluding tert-OH is 4. The van der Waals surface area contributed by atoms with E-state index in [4.69, 9.17) is 20.4 Å².